The van der Waals surface area contributed by atoms with E-state index < -0.39 is 47.1 Å². The summed E-state index contributed by atoms with van der Waals surface area (Å²) in [6, 6.07) is 14.8. The van der Waals surface area contributed by atoms with E-state index in [0.717, 1.165) is 10.2 Å². The molecule has 0 saturated carbocycles. The molecule has 1 N–H and O–H groups in total. The summed E-state index contributed by atoms with van der Waals surface area (Å²) in [4.78, 5) is 12.5. The Bertz CT molecular complexity index is 1360. The van der Waals surface area contributed by atoms with Crippen LogP contribution in [-0.4, -0.2) is 15.7 Å². The molecule has 0 unspecified atom stereocenters. The molecule has 1 amide bonds. The minimum Gasteiger partial charge on any atom is -0.489 e. The van der Waals surface area contributed by atoms with Crippen LogP contribution in [0.1, 0.15) is 21.5 Å². The highest BCUT2D eigenvalue weighted by atomic mass is 35.5. The summed E-state index contributed by atoms with van der Waals surface area (Å²) in [5.74, 6) is -10.1. The third-order valence-electron chi connectivity index (χ3n) is 4.92. The number of amides is 1. The van der Waals surface area contributed by atoms with Gasteiger partial charge in [-0.3, -0.25) is 9.48 Å². The van der Waals surface area contributed by atoms with Crippen molar-refractivity contribution in [3.63, 3.8) is 0 Å². The van der Waals surface area contributed by atoms with Gasteiger partial charge in [0.25, 0.3) is 5.91 Å². The Labute approximate surface area is 200 Å². The SMILES string of the molecule is O=C(Nc1ccn(Cc2c(F)c(F)c(F)c(F)c2F)n1)c1ccc(COc2cccc(Cl)c2)cc1. The molecule has 0 aliphatic rings. The number of anilines is 1. The van der Waals surface area contributed by atoms with Crippen LogP contribution in [0.5, 0.6) is 5.75 Å². The molecule has 4 rings (SSSR count). The maximum absolute atomic E-state index is 13.9. The van der Waals surface area contributed by atoms with Crippen molar-refractivity contribution in [3.05, 3.63) is 112 Å². The number of hydrogen-bond donors (Lipinski definition) is 1. The summed E-state index contributed by atoms with van der Waals surface area (Å²) in [7, 11) is 0. The lowest BCUT2D eigenvalue weighted by atomic mass is 10.1. The average Bonchev–Trinajstić information content (AvgIpc) is 3.30. The second-order valence-electron chi connectivity index (χ2n) is 7.34. The van der Waals surface area contributed by atoms with Crippen LogP contribution in [0.15, 0.2) is 60.8 Å². The molecule has 0 aliphatic heterocycles. The first kappa shape index (κ1) is 24.2. The van der Waals surface area contributed by atoms with E-state index in [9.17, 15) is 26.7 Å². The predicted molar refractivity (Wildman–Crippen MR) is 118 cm³/mol. The van der Waals surface area contributed by atoms with Gasteiger partial charge in [-0.05, 0) is 35.9 Å². The first-order chi connectivity index (χ1) is 16.7. The Morgan fingerprint density at radius 3 is 2.23 bits per heavy atom. The summed E-state index contributed by atoms with van der Waals surface area (Å²) in [6.45, 7) is -0.479. The topological polar surface area (TPSA) is 56.2 Å². The van der Waals surface area contributed by atoms with E-state index in [4.69, 9.17) is 16.3 Å². The molecule has 0 bridgehead atoms. The molecular weight excluding hydrogens is 493 g/mol. The highest BCUT2D eigenvalue weighted by Crippen LogP contribution is 2.24. The summed E-state index contributed by atoms with van der Waals surface area (Å²) in [5.41, 5.74) is 0.0531. The quantitative estimate of drug-likeness (QED) is 0.186. The molecular formula is C24H15ClF5N3O2. The number of hydrogen-bond acceptors (Lipinski definition) is 3. The highest BCUT2D eigenvalue weighted by molar-refractivity contribution is 6.30. The van der Waals surface area contributed by atoms with Crippen molar-refractivity contribution in [1.82, 2.24) is 9.78 Å². The van der Waals surface area contributed by atoms with E-state index in [-0.39, 0.29) is 12.4 Å². The molecule has 5 nitrogen and oxygen atoms in total. The number of carbonyl (C=O) groups excluding carboxylic acids is 1. The van der Waals surface area contributed by atoms with E-state index in [0.29, 0.717) is 16.3 Å². The first-order valence-electron chi connectivity index (χ1n) is 10.1. The highest BCUT2D eigenvalue weighted by Gasteiger charge is 2.26. The second kappa shape index (κ2) is 10.1. The molecule has 4 aromatic rings. The zero-order valence-corrected chi connectivity index (χ0v) is 18.4. The standard InChI is InChI=1S/C24H15ClF5N3O2/c25-15-2-1-3-16(10-15)35-12-13-4-6-14(7-5-13)24(34)31-18-8-9-33(32-18)11-17-19(26)21(28)23(30)22(29)20(17)27/h1-10H,11-12H2,(H,31,32,34). The lowest BCUT2D eigenvalue weighted by Gasteiger charge is -2.08. The number of nitrogens with one attached hydrogen (secondary N) is 1. The monoisotopic (exact) mass is 507 g/mol. The van der Waals surface area contributed by atoms with Gasteiger partial charge in [0.15, 0.2) is 29.1 Å². The van der Waals surface area contributed by atoms with Crippen LogP contribution in [-0.2, 0) is 13.2 Å². The van der Waals surface area contributed by atoms with Crippen LogP contribution in [0.3, 0.4) is 0 Å². The summed E-state index contributed by atoms with van der Waals surface area (Å²) < 4.78 is 74.3. The van der Waals surface area contributed by atoms with Gasteiger partial charge >= 0.3 is 0 Å². The molecule has 0 aliphatic carbocycles. The molecule has 1 heterocycles. The van der Waals surface area contributed by atoms with E-state index in [1.165, 1.54) is 12.3 Å². The minimum absolute atomic E-state index is 0.0206. The molecule has 0 fully saturated rings. The summed E-state index contributed by atoms with van der Waals surface area (Å²) in [5, 5.41) is 6.95. The van der Waals surface area contributed by atoms with Crippen LogP contribution >= 0.6 is 11.6 Å². The first-order valence-corrected chi connectivity index (χ1v) is 10.4. The zero-order chi connectivity index (χ0) is 25.1. The number of aromatic nitrogens is 2. The molecule has 11 heteroatoms. The summed E-state index contributed by atoms with van der Waals surface area (Å²) >= 11 is 5.91. The molecule has 0 radical (unpaired) electrons. The summed E-state index contributed by atoms with van der Waals surface area (Å²) in [6.07, 6.45) is 1.23. The third kappa shape index (κ3) is 5.43. The van der Waals surface area contributed by atoms with E-state index in [1.807, 2.05) is 0 Å². The largest absolute Gasteiger partial charge is 0.489 e. The Balaban J connectivity index is 1.39. The van der Waals surface area contributed by atoms with Gasteiger partial charge in [-0.15, -0.1) is 0 Å². The van der Waals surface area contributed by atoms with Crippen LogP contribution in [0.25, 0.3) is 0 Å². The average molecular weight is 508 g/mol. The number of benzene rings is 3. The Morgan fingerprint density at radius 2 is 1.57 bits per heavy atom. The minimum atomic E-state index is -2.24. The molecule has 35 heavy (non-hydrogen) atoms. The maximum atomic E-state index is 13.9. The van der Waals surface area contributed by atoms with Gasteiger partial charge < -0.3 is 10.1 Å². The van der Waals surface area contributed by atoms with Crippen molar-refractivity contribution in [2.75, 3.05) is 5.32 Å². The number of rotatable bonds is 7. The van der Waals surface area contributed by atoms with Gasteiger partial charge in [0.2, 0.25) is 5.82 Å². The van der Waals surface area contributed by atoms with Gasteiger partial charge in [-0.25, -0.2) is 22.0 Å². The van der Waals surface area contributed by atoms with Gasteiger partial charge in [-0.2, -0.15) is 5.10 Å². The Kier molecular flexibility index (Phi) is 7.02. The molecule has 3 aromatic carbocycles. The van der Waals surface area contributed by atoms with Gasteiger partial charge in [-0.1, -0.05) is 29.8 Å². The van der Waals surface area contributed by atoms with Crippen molar-refractivity contribution in [2.24, 2.45) is 0 Å². The fraction of sp³-hybridized carbons (Fsp3) is 0.0833. The van der Waals surface area contributed by atoms with Gasteiger partial charge in [0, 0.05) is 22.8 Å². The lowest BCUT2D eigenvalue weighted by Crippen LogP contribution is -2.14. The number of nitrogens with zero attached hydrogens (tertiary/aromatic N) is 2. The van der Waals surface area contributed by atoms with E-state index in [1.54, 1.807) is 48.5 Å². The van der Waals surface area contributed by atoms with Crippen LogP contribution in [0.2, 0.25) is 5.02 Å². The fourth-order valence-electron chi connectivity index (χ4n) is 3.13. The normalized spacial score (nSPS) is 10.9. The predicted octanol–water partition coefficient (Wildman–Crippen LogP) is 6.11. The number of carbonyl (C=O) groups is 1. The Morgan fingerprint density at radius 1 is 0.914 bits per heavy atom. The molecule has 0 saturated heterocycles. The van der Waals surface area contributed by atoms with E-state index in [2.05, 4.69) is 10.4 Å². The zero-order valence-electron chi connectivity index (χ0n) is 17.7. The van der Waals surface area contributed by atoms with Crippen molar-refractivity contribution < 1.29 is 31.5 Å². The lowest BCUT2D eigenvalue weighted by molar-refractivity contribution is 0.102. The van der Waals surface area contributed by atoms with Crippen molar-refractivity contribution >= 4 is 23.3 Å². The maximum Gasteiger partial charge on any atom is 0.256 e. The third-order valence-corrected chi connectivity index (χ3v) is 5.16. The van der Waals surface area contributed by atoms with Crippen LogP contribution in [0, 0.1) is 29.1 Å². The van der Waals surface area contributed by atoms with Crippen molar-refractivity contribution in [2.45, 2.75) is 13.2 Å². The van der Waals surface area contributed by atoms with Crippen LogP contribution in [0.4, 0.5) is 27.8 Å². The number of ether oxygens (including phenoxy) is 1. The smallest absolute Gasteiger partial charge is 0.256 e. The molecule has 0 atom stereocenters. The molecule has 0 spiro atoms. The molecule has 1 aromatic heterocycles. The molecule has 180 valence electrons. The van der Waals surface area contributed by atoms with E-state index >= 15 is 0 Å². The van der Waals surface area contributed by atoms with Crippen LogP contribution < -0.4 is 10.1 Å². The van der Waals surface area contributed by atoms with Crippen molar-refractivity contribution in [3.8, 4) is 5.75 Å². The Hall–Kier alpha value is -3.92. The van der Waals surface area contributed by atoms with Gasteiger partial charge in [0.1, 0.15) is 12.4 Å². The fourth-order valence-corrected chi connectivity index (χ4v) is 3.31. The van der Waals surface area contributed by atoms with Crippen molar-refractivity contribution in [1.29, 1.82) is 0 Å². The van der Waals surface area contributed by atoms with Gasteiger partial charge in [0.05, 0.1) is 12.1 Å². The number of halogens is 6. The second-order valence-corrected chi connectivity index (χ2v) is 7.78.